The number of ether oxygens (including phenoxy) is 3. The Morgan fingerprint density at radius 2 is 1.91 bits per heavy atom. The molecule has 0 spiro atoms. The van der Waals surface area contributed by atoms with Gasteiger partial charge in [0, 0.05) is 36.3 Å². The first-order chi connectivity index (χ1) is 16.9. The molecule has 1 amide bonds. The lowest BCUT2D eigenvalue weighted by atomic mass is 9.95. The fourth-order valence-corrected chi connectivity index (χ4v) is 4.37. The van der Waals surface area contributed by atoms with E-state index in [1.54, 1.807) is 24.4 Å². The van der Waals surface area contributed by atoms with Gasteiger partial charge in [-0.15, -0.1) is 0 Å². The molecule has 8 nitrogen and oxygen atoms in total. The van der Waals surface area contributed by atoms with E-state index in [0.717, 1.165) is 10.9 Å². The summed E-state index contributed by atoms with van der Waals surface area (Å²) in [5, 5.41) is 12.1. The lowest BCUT2D eigenvalue weighted by molar-refractivity contribution is -0.140. The van der Waals surface area contributed by atoms with Gasteiger partial charge in [0.1, 0.15) is 5.76 Å². The molecule has 2 aromatic carbocycles. The Morgan fingerprint density at radius 1 is 1.14 bits per heavy atom. The molecule has 35 heavy (non-hydrogen) atoms. The van der Waals surface area contributed by atoms with E-state index in [-0.39, 0.29) is 30.6 Å². The standard InChI is InChI=1S/C27H30N2O6/c1-5-34-22-14-17(10-11-21(22)35-16(2)3)24-23(26(31)27(32)29(24)12-13-33-4)25(30)19-15-28-20-9-7-6-8-18(19)20/h6-11,14-16,24,28,30H,5,12-13H2,1-4H3/b25-23-. The van der Waals surface area contributed by atoms with Gasteiger partial charge in [-0.2, -0.15) is 0 Å². The monoisotopic (exact) mass is 478 g/mol. The molecule has 1 fully saturated rings. The van der Waals surface area contributed by atoms with E-state index in [0.29, 0.717) is 29.2 Å². The molecule has 8 heteroatoms. The number of amides is 1. The third-order valence-electron chi connectivity index (χ3n) is 5.87. The van der Waals surface area contributed by atoms with Crippen molar-refractivity contribution in [3.63, 3.8) is 0 Å². The van der Waals surface area contributed by atoms with Crippen molar-refractivity contribution in [2.24, 2.45) is 0 Å². The van der Waals surface area contributed by atoms with Gasteiger partial charge in [-0.25, -0.2) is 0 Å². The number of hydrogen-bond donors (Lipinski definition) is 2. The fourth-order valence-electron chi connectivity index (χ4n) is 4.37. The molecule has 0 saturated carbocycles. The number of aliphatic hydroxyl groups excluding tert-OH is 1. The zero-order chi connectivity index (χ0) is 25.1. The highest BCUT2D eigenvalue weighted by Crippen LogP contribution is 2.42. The predicted octanol–water partition coefficient (Wildman–Crippen LogP) is 4.42. The van der Waals surface area contributed by atoms with E-state index in [2.05, 4.69) is 4.98 Å². The van der Waals surface area contributed by atoms with Gasteiger partial charge in [-0.05, 0) is 44.5 Å². The van der Waals surface area contributed by atoms with E-state index in [1.165, 1.54) is 12.0 Å². The molecule has 1 aliphatic rings. The number of carbonyl (C=O) groups is 2. The van der Waals surface area contributed by atoms with Crippen LogP contribution in [0.3, 0.4) is 0 Å². The van der Waals surface area contributed by atoms with E-state index in [1.807, 2.05) is 45.0 Å². The van der Waals surface area contributed by atoms with Crippen LogP contribution in [0.15, 0.2) is 54.2 Å². The van der Waals surface area contributed by atoms with Crippen molar-refractivity contribution in [3.05, 3.63) is 65.4 Å². The smallest absolute Gasteiger partial charge is 0.295 e. The maximum Gasteiger partial charge on any atom is 0.295 e. The van der Waals surface area contributed by atoms with E-state index < -0.39 is 17.7 Å². The number of likely N-dealkylation sites (tertiary alicyclic amines) is 1. The number of rotatable bonds is 9. The number of fused-ring (bicyclic) bond motifs is 1. The van der Waals surface area contributed by atoms with Crippen molar-refractivity contribution in [3.8, 4) is 11.5 Å². The lowest BCUT2D eigenvalue weighted by Gasteiger charge is -2.26. The van der Waals surface area contributed by atoms with Crippen molar-refractivity contribution in [2.75, 3.05) is 26.9 Å². The van der Waals surface area contributed by atoms with Gasteiger partial charge < -0.3 is 29.2 Å². The summed E-state index contributed by atoms with van der Waals surface area (Å²) >= 11 is 0. The van der Waals surface area contributed by atoms with Crippen LogP contribution in [0.4, 0.5) is 0 Å². The lowest BCUT2D eigenvalue weighted by Crippen LogP contribution is -2.32. The number of aromatic amines is 1. The largest absolute Gasteiger partial charge is 0.507 e. The minimum absolute atomic E-state index is 0.0239. The van der Waals surface area contributed by atoms with Crippen LogP contribution in [-0.2, 0) is 14.3 Å². The SMILES string of the molecule is CCOc1cc(C2/C(=C(/O)c3c[nH]c4ccccc34)C(=O)C(=O)N2CCOC)ccc1OC(C)C. The average Bonchev–Trinajstić information content (AvgIpc) is 3.38. The molecule has 3 aromatic rings. The molecule has 0 radical (unpaired) electrons. The maximum absolute atomic E-state index is 13.2. The van der Waals surface area contributed by atoms with Crippen LogP contribution < -0.4 is 9.47 Å². The van der Waals surface area contributed by atoms with Crippen molar-refractivity contribution in [1.29, 1.82) is 0 Å². The zero-order valence-corrected chi connectivity index (χ0v) is 20.3. The van der Waals surface area contributed by atoms with Crippen LogP contribution in [0.25, 0.3) is 16.7 Å². The number of nitrogens with one attached hydrogen (secondary N) is 1. The molecule has 1 unspecified atom stereocenters. The third kappa shape index (κ3) is 4.61. The van der Waals surface area contributed by atoms with Gasteiger partial charge in [-0.1, -0.05) is 24.3 Å². The van der Waals surface area contributed by atoms with Crippen molar-refractivity contribution >= 4 is 28.4 Å². The molecular formula is C27H30N2O6. The van der Waals surface area contributed by atoms with Gasteiger partial charge in [0.25, 0.3) is 11.7 Å². The molecule has 1 aromatic heterocycles. The zero-order valence-electron chi connectivity index (χ0n) is 20.3. The Labute approximate surface area is 204 Å². The Balaban J connectivity index is 1.89. The summed E-state index contributed by atoms with van der Waals surface area (Å²) in [6.07, 6.45) is 1.58. The molecule has 0 aliphatic carbocycles. The molecule has 1 aliphatic heterocycles. The summed E-state index contributed by atoms with van der Waals surface area (Å²) in [7, 11) is 1.53. The summed E-state index contributed by atoms with van der Waals surface area (Å²) in [6.45, 7) is 6.55. The Morgan fingerprint density at radius 3 is 2.63 bits per heavy atom. The number of nitrogens with zero attached hydrogens (tertiary/aromatic N) is 1. The van der Waals surface area contributed by atoms with Crippen molar-refractivity contribution in [1.82, 2.24) is 9.88 Å². The van der Waals surface area contributed by atoms with Gasteiger partial charge in [0.2, 0.25) is 0 Å². The van der Waals surface area contributed by atoms with Crippen molar-refractivity contribution < 1.29 is 28.9 Å². The molecule has 4 rings (SSSR count). The van der Waals surface area contributed by atoms with Crippen LogP contribution in [0, 0.1) is 0 Å². The second-order valence-electron chi connectivity index (χ2n) is 8.54. The quantitative estimate of drug-likeness (QED) is 0.268. The second kappa shape index (κ2) is 10.2. The summed E-state index contributed by atoms with van der Waals surface area (Å²) in [6, 6.07) is 12.0. The minimum atomic E-state index is -0.814. The number of benzene rings is 2. The highest BCUT2D eigenvalue weighted by molar-refractivity contribution is 6.46. The molecule has 1 saturated heterocycles. The Bertz CT molecular complexity index is 1280. The number of methoxy groups -OCH3 is 1. The van der Waals surface area contributed by atoms with Gasteiger partial charge in [-0.3, -0.25) is 9.59 Å². The summed E-state index contributed by atoms with van der Waals surface area (Å²) < 4.78 is 16.9. The third-order valence-corrected chi connectivity index (χ3v) is 5.87. The maximum atomic E-state index is 13.2. The number of para-hydroxylation sites is 1. The number of Topliss-reactive ketones (excluding diaryl/α,β-unsaturated/α-hetero) is 1. The summed E-state index contributed by atoms with van der Waals surface area (Å²) in [4.78, 5) is 30.9. The average molecular weight is 479 g/mol. The number of hydrogen-bond acceptors (Lipinski definition) is 6. The van der Waals surface area contributed by atoms with Crippen LogP contribution in [0.2, 0.25) is 0 Å². The second-order valence-corrected chi connectivity index (χ2v) is 8.54. The highest BCUT2D eigenvalue weighted by Gasteiger charge is 2.46. The highest BCUT2D eigenvalue weighted by atomic mass is 16.5. The Kier molecular flexibility index (Phi) is 7.12. The van der Waals surface area contributed by atoms with Crippen molar-refractivity contribution in [2.45, 2.75) is 32.9 Å². The van der Waals surface area contributed by atoms with Gasteiger partial charge in [0.15, 0.2) is 11.5 Å². The number of aliphatic hydroxyl groups is 1. The molecule has 0 bridgehead atoms. The molecule has 2 N–H and O–H groups in total. The van der Waals surface area contributed by atoms with Gasteiger partial charge >= 0.3 is 0 Å². The molecule has 2 heterocycles. The number of ketones is 1. The first-order valence-corrected chi connectivity index (χ1v) is 11.6. The summed E-state index contributed by atoms with van der Waals surface area (Å²) in [5.74, 6) is -0.589. The first-order valence-electron chi connectivity index (χ1n) is 11.6. The van der Waals surface area contributed by atoms with Crippen LogP contribution in [0.5, 0.6) is 11.5 Å². The van der Waals surface area contributed by atoms with Crippen LogP contribution in [-0.4, -0.2) is 59.7 Å². The van der Waals surface area contributed by atoms with Gasteiger partial charge in [0.05, 0.1) is 30.9 Å². The normalized spacial score (nSPS) is 17.5. The van der Waals surface area contributed by atoms with Crippen LogP contribution >= 0.6 is 0 Å². The van der Waals surface area contributed by atoms with E-state index in [4.69, 9.17) is 14.2 Å². The molecular weight excluding hydrogens is 448 g/mol. The first kappa shape index (κ1) is 24.3. The number of carbonyl (C=O) groups excluding carboxylic acids is 2. The van der Waals surface area contributed by atoms with Crippen LogP contribution in [0.1, 0.15) is 37.9 Å². The van der Waals surface area contributed by atoms with E-state index in [9.17, 15) is 14.7 Å². The topological polar surface area (TPSA) is 101 Å². The van der Waals surface area contributed by atoms with E-state index >= 15 is 0 Å². The number of aromatic nitrogens is 1. The number of H-pyrrole nitrogens is 1. The predicted molar refractivity (Wildman–Crippen MR) is 133 cm³/mol. The minimum Gasteiger partial charge on any atom is -0.507 e. The summed E-state index contributed by atoms with van der Waals surface area (Å²) in [5.41, 5.74) is 1.92. The fraction of sp³-hybridized carbons (Fsp3) is 0.333. The molecule has 1 atom stereocenters. The molecule has 184 valence electrons. The Hall–Kier alpha value is -3.78.